The lowest BCUT2D eigenvalue weighted by atomic mass is 9.87. The van der Waals surface area contributed by atoms with Crippen LogP contribution in [0.3, 0.4) is 0 Å². The molecule has 2 aliphatic heterocycles. The van der Waals surface area contributed by atoms with E-state index in [4.69, 9.17) is 17.3 Å². The number of hydrogen-bond acceptors (Lipinski definition) is 13. The van der Waals surface area contributed by atoms with E-state index in [0.717, 1.165) is 75.0 Å². The topological polar surface area (TPSA) is 243 Å². The molecule has 0 aromatic carbocycles. The van der Waals surface area contributed by atoms with E-state index in [2.05, 4.69) is 49.8 Å². The molecule has 0 bridgehead atoms. The highest BCUT2D eigenvalue weighted by atomic mass is 35.5. The van der Waals surface area contributed by atoms with E-state index in [0.29, 0.717) is 17.7 Å². The maximum absolute atomic E-state index is 11.0. The lowest BCUT2D eigenvalue weighted by Crippen LogP contribution is -2.34. The number of rotatable bonds is 7. The number of nitro groups is 2. The first-order valence-corrected chi connectivity index (χ1v) is 20.2. The van der Waals surface area contributed by atoms with E-state index >= 15 is 0 Å². The summed E-state index contributed by atoms with van der Waals surface area (Å²) in [5.74, 6) is 3.18. The number of aromatic amines is 3. The van der Waals surface area contributed by atoms with Gasteiger partial charge >= 0.3 is 11.4 Å². The predicted octanol–water partition coefficient (Wildman–Crippen LogP) is 8.39. The van der Waals surface area contributed by atoms with Crippen molar-refractivity contribution >= 4 is 52.7 Å². The zero-order chi connectivity index (χ0) is 41.4. The third kappa shape index (κ3) is 12.4. The highest BCUT2D eigenvalue weighted by Gasteiger charge is 2.27. The molecule has 2 saturated heterocycles. The molecule has 5 N–H and O–H groups in total. The Balaban J connectivity index is 0.000000157. The predicted molar refractivity (Wildman–Crippen MR) is 233 cm³/mol. The number of nitrogens with zero attached hydrogens (tertiary/aromatic N) is 10. The number of nitrogens with one attached hydrogen (secondary N) is 3. The molecule has 0 radical (unpaired) electrons. The Hall–Kier alpha value is -6.14. The zero-order valence-corrected chi connectivity index (χ0v) is 34.6. The maximum atomic E-state index is 11.0. The van der Waals surface area contributed by atoms with Crippen LogP contribution >= 0.6 is 24.0 Å². The van der Waals surface area contributed by atoms with Crippen LogP contribution in [0.25, 0.3) is 0 Å². The van der Waals surface area contributed by atoms with Crippen LogP contribution < -0.4 is 15.5 Å². The van der Waals surface area contributed by atoms with Gasteiger partial charge in [-0.25, -0.2) is 29.9 Å². The van der Waals surface area contributed by atoms with Gasteiger partial charge in [0.2, 0.25) is 11.0 Å². The molecule has 9 rings (SSSR count). The van der Waals surface area contributed by atoms with Crippen molar-refractivity contribution in [2.75, 3.05) is 41.7 Å². The number of pyridine rings is 3. The number of H-pyrrole nitrogens is 3. The molecule has 318 valence electrons. The van der Waals surface area contributed by atoms with Crippen molar-refractivity contribution in [3.63, 3.8) is 0 Å². The van der Waals surface area contributed by atoms with Crippen molar-refractivity contribution in [3.8, 4) is 0 Å². The molecule has 60 heavy (non-hydrogen) atoms. The molecule has 8 heterocycles. The summed E-state index contributed by atoms with van der Waals surface area (Å²) in [5, 5.41) is 21.1. The molecule has 0 amide bonds. The Labute approximate surface area is 358 Å². The average Bonchev–Trinajstić information content (AvgIpc) is 4.11. The number of aromatic nitrogens is 9. The normalized spacial score (nSPS) is 15.8. The van der Waals surface area contributed by atoms with Crippen molar-refractivity contribution < 1.29 is 9.85 Å². The lowest BCUT2D eigenvalue weighted by molar-refractivity contribution is -0.385. The van der Waals surface area contributed by atoms with Gasteiger partial charge in [-0.2, -0.15) is 0 Å². The van der Waals surface area contributed by atoms with Crippen LogP contribution in [0, 0.1) is 20.2 Å². The summed E-state index contributed by atoms with van der Waals surface area (Å²) >= 11 is 5.37. The maximum Gasteiger partial charge on any atom is 0.311 e. The Kier molecular flexibility index (Phi) is 17.1. The number of piperidine rings is 2. The monoisotopic (exact) mass is 860 g/mol. The highest BCUT2D eigenvalue weighted by Crippen LogP contribution is 2.33. The second-order valence-corrected chi connectivity index (χ2v) is 14.8. The van der Waals surface area contributed by atoms with Gasteiger partial charge in [-0.1, -0.05) is 30.9 Å². The summed E-state index contributed by atoms with van der Waals surface area (Å²) < 4.78 is 0. The molecule has 6 aromatic heterocycles. The van der Waals surface area contributed by atoms with Crippen LogP contribution in [0.5, 0.6) is 0 Å². The molecule has 6 aromatic rings. The largest absolute Gasteiger partial charge is 0.396 e. The number of anilines is 3. The van der Waals surface area contributed by atoms with Gasteiger partial charge < -0.3 is 30.5 Å². The van der Waals surface area contributed by atoms with Gasteiger partial charge in [0.15, 0.2) is 5.82 Å². The minimum Gasteiger partial charge on any atom is -0.396 e. The van der Waals surface area contributed by atoms with Crippen LogP contribution in [0.15, 0.2) is 92.6 Å². The summed E-state index contributed by atoms with van der Waals surface area (Å²) in [7, 11) is 0. The Bertz CT molecular complexity index is 2150. The zero-order valence-electron chi connectivity index (χ0n) is 33.1. The van der Waals surface area contributed by atoms with E-state index in [1.165, 1.54) is 67.9 Å². The van der Waals surface area contributed by atoms with Gasteiger partial charge in [-0.05, 0) is 62.8 Å². The summed E-state index contributed by atoms with van der Waals surface area (Å²) in [6.07, 6.45) is 26.8. The molecule has 3 aliphatic rings. The van der Waals surface area contributed by atoms with Gasteiger partial charge in [0.25, 0.3) is 0 Å². The van der Waals surface area contributed by atoms with Crippen molar-refractivity contribution in [1.29, 1.82) is 0 Å². The van der Waals surface area contributed by atoms with E-state index < -0.39 is 4.92 Å². The van der Waals surface area contributed by atoms with Gasteiger partial charge in [0.1, 0.15) is 0 Å². The third-order valence-corrected chi connectivity index (χ3v) is 11.1. The number of imidazole rings is 3. The second kappa shape index (κ2) is 22.9. The second-order valence-electron chi connectivity index (χ2n) is 14.5. The number of nitrogens with two attached hydrogens (primary N) is 1. The molecule has 3 fully saturated rings. The minimum atomic E-state index is -0.574. The van der Waals surface area contributed by atoms with Crippen LogP contribution in [-0.4, -0.2) is 80.9 Å². The van der Waals surface area contributed by atoms with Crippen molar-refractivity contribution in [2.45, 2.75) is 75.5 Å². The van der Waals surface area contributed by atoms with Crippen LogP contribution in [0.4, 0.5) is 28.7 Å². The van der Waals surface area contributed by atoms with E-state index in [1.807, 2.05) is 35.6 Å². The first-order valence-electron chi connectivity index (χ1n) is 19.8. The first-order chi connectivity index (χ1) is 28.8. The van der Waals surface area contributed by atoms with E-state index in [-0.39, 0.29) is 33.9 Å². The average molecular weight is 862 g/mol. The fourth-order valence-corrected chi connectivity index (χ4v) is 7.84. The molecule has 1 aliphatic carbocycles. The van der Waals surface area contributed by atoms with Crippen LogP contribution in [0.2, 0.25) is 5.15 Å². The van der Waals surface area contributed by atoms with E-state index in [1.54, 1.807) is 37.4 Å². The Morgan fingerprint density at radius 1 is 0.600 bits per heavy atom. The van der Waals surface area contributed by atoms with Crippen molar-refractivity contribution in [2.24, 2.45) is 0 Å². The number of halogens is 2. The molecular weight excluding hydrogens is 811 g/mol. The third-order valence-electron chi connectivity index (χ3n) is 10.8. The first kappa shape index (κ1) is 45.0. The molecule has 0 unspecified atom stereocenters. The van der Waals surface area contributed by atoms with Crippen molar-refractivity contribution in [1.82, 2.24) is 44.9 Å². The molecule has 0 atom stereocenters. The fourth-order valence-electron chi connectivity index (χ4n) is 7.65. The Morgan fingerprint density at radius 3 is 1.43 bits per heavy atom. The molecule has 1 saturated carbocycles. The van der Waals surface area contributed by atoms with Crippen molar-refractivity contribution in [3.05, 3.63) is 135 Å². The smallest absolute Gasteiger partial charge is 0.311 e. The van der Waals surface area contributed by atoms with E-state index in [9.17, 15) is 20.2 Å². The highest BCUT2D eigenvalue weighted by molar-refractivity contribution is 6.31. The van der Waals surface area contributed by atoms with Crippen LogP contribution in [-0.2, 0) is 0 Å². The number of hydrogen-bond donors (Lipinski definition) is 4. The quantitative estimate of drug-likeness (QED) is 0.0670. The lowest BCUT2D eigenvalue weighted by Gasteiger charge is -2.32. The van der Waals surface area contributed by atoms with Gasteiger partial charge in [0, 0.05) is 110 Å². The standard InChI is InChI=1S/C13H15N5O2.C13H17N5.C9H14N2.C5H3ClN2O2.ClH/c19-18(20)12-2-1-5-15-13(12)17-6-3-10(4-7-17)11-8-14-9-16-11;14-11-2-1-5-16-13(11)18-6-3-10(4-7-18)12-8-15-9-17-12;1-2-4-8(5-3-1)9-6-10-7-11-9;6-5-4(8(9)10)2-1-3-7-5;/h1-2,5,8-10H,3-4,6-7H2,(H,14,16);1-2,5,8-10H,3-4,6-7,14H2,(H,15,17);6-8H,1-5H2,(H,10,11);1-3H;1H. The number of nitrogen functional groups attached to an aromatic ring is 1. The Morgan fingerprint density at radius 2 is 1.02 bits per heavy atom. The van der Waals surface area contributed by atoms with Gasteiger partial charge in [-0.15, -0.1) is 12.4 Å². The molecule has 0 spiro atoms. The minimum absolute atomic E-state index is 0. The SMILES string of the molecule is Cl.Nc1cccnc1N1CCC(c2cnc[nH]2)CC1.O=[N+]([O-])c1cccnc1Cl.O=[N+]([O-])c1cccnc1N1CCC(c2cnc[nH]2)CC1.c1ncc(C2CCCCC2)[nH]1. The summed E-state index contributed by atoms with van der Waals surface area (Å²) in [5.41, 5.74) is 10.4. The van der Waals surface area contributed by atoms with Gasteiger partial charge in [0.05, 0.1) is 34.5 Å². The fraction of sp³-hybridized carbons (Fsp3) is 0.400. The summed E-state index contributed by atoms with van der Waals surface area (Å²) in [6, 6.07) is 9.64. The van der Waals surface area contributed by atoms with Gasteiger partial charge in [-0.3, -0.25) is 20.2 Å². The molecular formula is C40H50Cl2N14O4. The molecule has 20 heteroatoms. The van der Waals surface area contributed by atoms with Crippen LogP contribution in [0.1, 0.15) is 92.6 Å². The summed E-state index contributed by atoms with van der Waals surface area (Å²) in [4.78, 5) is 58.2. The summed E-state index contributed by atoms with van der Waals surface area (Å²) in [6.45, 7) is 3.51. The molecule has 18 nitrogen and oxygen atoms in total.